The Balaban J connectivity index is 3.23. The van der Waals surface area contributed by atoms with Gasteiger partial charge in [0, 0.05) is 17.8 Å². The number of benzene rings is 1. The SMILES string of the molecule is COc1cc(N)c(C(C)N)cc1OC. The number of ether oxygens (including phenoxy) is 2. The molecule has 0 bridgehead atoms. The molecule has 4 heteroatoms. The molecule has 0 aliphatic carbocycles. The fourth-order valence-corrected chi connectivity index (χ4v) is 1.30. The second kappa shape index (κ2) is 4.19. The summed E-state index contributed by atoms with van der Waals surface area (Å²) in [7, 11) is 3.15. The lowest BCUT2D eigenvalue weighted by Crippen LogP contribution is -2.08. The molecule has 1 atom stereocenters. The van der Waals surface area contributed by atoms with Crippen molar-refractivity contribution in [3.8, 4) is 11.5 Å². The van der Waals surface area contributed by atoms with Crippen LogP contribution >= 0.6 is 0 Å². The third kappa shape index (κ3) is 1.90. The molecule has 1 aromatic carbocycles. The second-order valence-electron chi connectivity index (χ2n) is 3.12. The maximum Gasteiger partial charge on any atom is 0.162 e. The number of hydrogen-bond acceptors (Lipinski definition) is 4. The highest BCUT2D eigenvalue weighted by atomic mass is 16.5. The summed E-state index contributed by atoms with van der Waals surface area (Å²) in [6.45, 7) is 1.87. The van der Waals surface area contributed by atoms with Crippen LogP contribution in [0.4, 0.5) is 5.69 Å². The zero-order valence-electron chi connectivity index (χ0n) is 8.70. The van der Waals surface area contributed by atoms with Crippen molar-refractivity contribution in [2.24, 2.45) is 5.73 Å². The van der Waals surface area contributed by atoms with Crippen LogP contribution in [0.25, 0.3) is 0 Å². The predicted octanol–water partition coefficient (Wildman–Crippen LogP) is 1.31. The van der Waals surface area contributed by atoms with E-state index in [2.05, 4.69) is 0 Å². The molecule has 1 rings (SSSR count). The van der Waals surface area contributed by atoms with Crippen LogP contribution in [0, 0.1) is 0 Å². The van der Waals surface area contributed by atoms with Crippen LogP contribution in [0.5, 0.6) is 11.5 Å². The van der Waals surface area contributed by atoms with Gasteiger partial charge in [-0.3, -0.25) is 0 Å². The first-order chi connectivity index (χ1) is 6.60. The van der Waals surface area contributed by atoms with E-state index < -0.39 is 0 Å². The van der Waals surface area contributed by atoms with Crippen LogP contribution in [0.2, 0.25) is 0 Å². The molecule has 0 aromatic heterocycles. The van der Waals surface area contributed by atoms with E-state index in [0.717, 1.165) is 5.56 Å². The maximum atomic E-state index is 5.81. The Kier molecular flexibility index (Phi) is 3.19. The van der Waals surface area contributed by atoms with Crippen molar-refractivity contribution in [3.05, 3.63) is 17.7 Å². The summed E-state index contributed by atoms with van der Waals surface area (Å²) < 4.78 is 10.3. The molecular weight excluding hydrogens is 180 g/mol. The van der Waals surface area contributed by atoms with Crippen LogP contribution in [-0.4, -0.2) is 14.2 Å². The van der Waals surface area contributed by atoms with Gasteiger partial charge in [0.2, 0.25) is 0 Å². The Bertz CT molecular complexity index is 324. The van der Waals surface area contributed by atoms with E-state index in [1.54, 1.807) is 26.4 Å². The highest BCUT2D eigenvalue weighted by Gasteiger charge is 2.11. The average molecular weight is 196 g/mol. The molecule has 4 N–H and O–H groups in total. The topological polar surface area (TPSA) is 70.5 Å². The van der Waals surface area contributed by atoms with Crippen LogP contribution < -0.4 is 20.9 Å². The molecular formula is C10H16N2O2. The van der Waals surface area contributed by atoms with Crippen molar-refractivity contribution >= 4 is 5.69 Å². The summed E-state index contributed by atoms with van der Waals surface area (Å²) in [5, 5.41) is 0. The Morgan fingerprint density at radius 1 is 1.14 bits per heavy atom. The zero-order valence-corrected chi connectivity index (χ0v) is 8.70. The van der Waals surface area contributed by atoms with Crippen LogP contribution in [0.3, 0.4) is 0 Å². The Morgan fingerprint density at radius 3 is 2.07 bits per heavy atom. The summed E-state index contributed by atoms with van der Waals surface area (Å²) in [6.07, 6.45) is 0. The Labute approximate surface area is 83.8 Å². The monoisotopic (exact) mass is 196 g/mol. The number of rotatable bonds is 3. The van der Waals surface area contributed by atoms with Crippen molar-refractivity contribution in [3.63, 3.8) is 0 Å². The zero-order chi connectivity index (χ0) is 10.7. The van der Waals surface area contributed by atoms with Gasteiger partial charge in [-0.05, 0) is 18.6 Å². The van der Waals surface area contributed by atoms with E-state index in [9.17, 15) is 0 Å². The van der Waals surface area contributed by atoms with Crippen molar-refractivity contribution < 1.29 is 9.47 Å². The molecule has 0 radical (unpaired) electrons. The summed E-state index contributed by atoms with van der Waals surface area (Å²) in [6, 6.07) is 3.41. The van der Waals surface area contributed by atoms with Gasteiger partial charge in [-0.15, -0.1) is 0 Å². The van der Waals surface area contributed by atoms with Crippen molar-refractivity contribution in [2.75, 3.05) is 20.0 Å². The number of anilines is 1. The molecule has 1 unspecified atom stereocenters. The molecule has 1 aromatic rings. The van der Waals surface area contributed by atoms with Gasteiger partial charge < -0.3 is 20.9 Å². The van der Waals surface area contributed by atoms with Gasteiger partial charge in [0.25, 0.3) is 0 Å². The lowest BCUT2D eigenvalue weighted by molar-refractivity contribution is 0.354. The van der Waals surface area contributed by atoms with E-state index in [4.69, 9.17) is 20.9 Å². The molecule has 0 saturated carbocycles. The number of hydrogen-bond donors (Lipinski definition) is 2. The van der Waals surface area contributed by atoms with Gasteiger partial charge in [-0.2, -0.15) is 0 Å². The van der Waals surface area contributed by atoms with Gasteiger partial charge in [0.1, 0.15) is 0 Å². The van der Waals surface area contributed by atoms with Crippen LogP contribution in [0.1, 0.15) is 18.5 Å². The normalized spacial score (nSPS) is 12.3. The van der Waals surface area contributed by atoms with E-state index in [1.807, 2.05) is 6.92 Å². The molecule has 14 heavy (non-hydrogen) atoms. The minimum atomic E-state index is -0.116. The predicted molar refractivity (Wildman–Crippen MR) is 56.6 cm³/mol. The van der Waals surface area contributed by atoms with Gasteiger partial charge >= 0.3 is 0 Å². The second-order valence-corrected chi connectivity index (χ2v) is 3.12. The first-order valence-electron chi connectivity index (χ1n) is 4.37. The van der Waals surface area contributed by atoms with Crippen molar-refractivity contribution in [1.29, 1.82) is 0 Å². The number of nitrogens with two attached hydrogens (primary N) is 2. The van der Waals surface area contributed by atoms with Crippen molar-refractivity contribution in [1.82, 2.24) is 0 Å². The standard InChI is InChI=1S/C10H16N2O2/c1-6(11)7-4-9(13-2)10(14-3)5-8(7)12/h4-6H,11-12H2,1-3H3. The largest absolute Gasteiger partial charge is 0.493 e. The number of nitrogen functional groups attached to an aromatic ring is 1. The smallest absolute Gasteiger partial charge is 0.162 e. The van der Waals surface area contributed by atoms with Crippen LogP contribution in [-0.2, 0) is 0 Å². The molecule has 0 saturated heterocycles. The van der Waals surface area contributed by atoms with Gasteiger partial charge in [0.05, 0.1) is 14.2 Å². The lowest BCUT2D eigenvalue weighted by Gasteiger charge is -2.14. The van der Waals surface area contributed by atoms with E-state index in [0.29, 0.717) is 17.2 Å². The first kappa shape index (κ1) is 10.7. The first-order valence-corrected chi connectivity index (χ1v) is 4.37. The quantitative estimate of drug-likeness (QED) is 0.715. The Morgan fingerprint density at radius 2 is 1.64 bits per heavy atom. The fraction of sp³-hybridized carbons (Fsp3) is 0.400. The van der Waals surface area contributed by atoms with Crippen LogP contribution in [0.15, 0.2) is 12.1 Å². The highest BCUT2D eigenvalue weighted by Crippen LogP contribution is 2.33. The maximum absolute atomic E-state index is 5.81. The van der Waals surface area contributed by atoms with Crippen molar-refractivity contribution in [2.45, 2.75) is 13.0 Å². The fourth-order valence-electron chi connectivity index (χ4n) is 1.30. The molecule has 0 heterocycles. The molecule has 78 valence electrons. The third-order valence-corrected chi connectivity index (χ3v) is 2.08. The van der Waals surface area contributed by atoms with Gasteiger partial charge in [0.15, 0.2) is 11.5 Å². The highest BCUT2D eigenvalue weighted by molar-refractivity contribution is 5.58. The summed E-state index contributed by atoms with van der Waals surface area (Å²) in [5.41, 5.74) is 13.0. The summed E-state index contributed by atoms with van der Waals surface area (Å²) in [4.78, 5) is 0. The van der Waals surface area contributed by atoms with E-state index in [1.165, 1.54) is 0 Å². The molecule has 0 aliphatic heterocycles. The summed E-state index contributed by atoms with van der Waals surface area (Å²) in [5.74, 6) is 1.27. The minimum Gasteiger partial charge on any atom is -0.493 e. The van der Waals surface area contributed by atoms with Gasteiger partial charge in [-0.25, -0.2) is 0 Å². The third-order valence-electron chi connectivity index (χ3n) is 2.08. The van der Waals surface area contributed by atoms with Gasteiger partial charge in [-0.1, -0.05) is 0 Å². The molecule has 0 fully saturated rings. The molecule has 0 spiro atoms. The lowest BCUT2D eigenvalue weighted by atomic mass is 10.1. The summed E-state index contributed by atoms with van der Waals surface area (Å²) >= 11 is 0. The minimum absolute atomic E-state index is 0.116. The number of methoxy groups -OCH3 is 2. The molecule has 0 aliphatic rings. The van der Waals surface area contributed by atoms with E-state index in [-0.39, 0.29) is 6.04 Å². The van der Waals surface area contributed by atoms with E-state index >= 15 is 0 Å². The average Bonchev–Trinajstić information content (AvgIpc) is 2.16. The Hall–Kier alpha value is -1.42. The molecule has 0 amide bonds. The molecule has 4 nitrogen and oxygen atoms in total.